The molecule has 0 radical (unpaired) electrons. The van der Waals surface area contributed by atoms with Crippen LogP contribution in [-0.2, 0) is 0 Å². The Labute approximate surface area is 181 Å². The van der Waals surface area contributed by atoms with E-state index in [4.69, 9.17) is 4.98 Å². The van der Waals surface area contributed by atoms with Gasteiger partial charge in [0.05, 0.1) is 11.3 Å². The average Bonchev–Trinajstić information content (AvgIpc) is 2.83. The maximum absolute atomic E-state index is 9.94. The maximum Gasteiger partial charge on any atom is 0.115 e. The van der Waals surface area contributed by atoms with E-state index in [-0.39, 0.29) is 0 Å². The Morgan fingerprint density at radius 3 is 2.03 bits per heavy atom. The Morgan fingerprint density at radius 1 is 0.800 bits per heavy atom. The van der Waals surface area contributed by atoms with Crippen molar-refractivity contribution in [2.45, 2.75) is 5.03 Å². The summed E-state index contributed by atoms with van der Waals surface area (Å²) in [7, 11) is 0. The summed E-state index contributed by atoms with van der Waals surface area (Å²) in [6.45, 7) is 0. The summed E-state index contributed by atoms with van der Waals surface area (Å²) in [5.41, 5.74) is 5.65. The van der Waals surface area contributed by atoms with Crippen LogP contribution in [0.15, 0.2) is 108 Å². The van der Waals surface area contributed by atoms with Gasteiger partial charge >= 0.3 is 0 Å². The first-order valence-electron chi connectivity index (χ1n) is 9.75. The number of nitrogens with zero attached hydrogens (tertiary/aromatic N) is 2. The minimum atomic E-state index is 0.624. The van der Waals surface area contributed by atoms with E-state index in [1.807, 2.05) is 84.9 Å². The molecular formula is C27H20N2S. The summed E-state index contributed by atoms with van der Waals surface area (Å²) in [6, 6.07) is 34.8. The molecule has 144 valence electrons. The summed E-state index contributed by atoms with van der Waals surface area (Å²) in [6.07, 6.45) is 4.21. The van der Waals surface area contributed by atoms with E-state index >= 15 is 0 Å². The minimum Gasteiger partial charge on any atom is -0.240 e. The van der Waals surface area contributed by atoms with Crippen LogP contribution < -0.4 is 0 Å². The molecule has 1 aromatic heterocycles. The largest absolute Gasteiger partial charge is 0.240 e. The Morgan fingerprint density at radius 2 is 1.40 bits per heavy atom. The third-order valence-electron chi connectivity index (χ3n) is 4.68. The Bertz CT molecular complexity index is 1180. The highest BCUT2D eigenvalue weighted by Gasteiger charge is 2.15. The summed E-state index contributed by atoms with van der Waals surface area (Å²) in [5.74, 6) is 0.739. The summed E-state index contributed by atoms with van der Waals surface area (Å²) in [4.78, 5) is 4.85. The zero-order chi connectivity index (χ0) is 20.6. The predicted octanol–water partition coefficient (Wildman–Crippen LogP) is 7.09. The molecule has 0 saturated carbocycles. The van der Waals surface area contributed by atoms with Crippen molar-refractivity contribution in [1.29, 1.82) is 5.26 Å². The number of aromatic nitrogens is 1. The van der Waals surface area contributed by atoms with E-state index in [1.165, 1.54) is 0 Å². The molecule has 0 atom stereocenters. The molecule has 2 nitrogen and oxygen atoms in total. The number of thioether (sulfide) groups is 1. The van der Waals surface area contributed by atoms with Crippen molar-refractivity contribution in [3.8, 4) is 28.5 Å². The molecule has 1 heterocycles. The normalized spacial score (nSPS) is 10.8. The van der Waals surface area contributed by atoms with Crippen molar-refractivity contribution in [3.05, 3.63) is 114 Å². The molecule has 0 spiro atoms. The summed E-state index contributed by atoms with van der Waals surface area (Å²) < 4.78 is 0. The maximum atomic E-state index is 9.94. The molecule has 3 aromatic carbocycles. The smallest absolute Gasteiger partial charge is 0.115 e. The van der Waals surface area contributed by atoms with Crippen LogP contribution >= 0.6 is 11.8 Å². The van der Waals surface area contributed by atoms with Gasteiger partial charge in [-0.1, -0.05) is 103 Å². The van der Waals surface area contributed by atoms with Gasteiger partial charge in [0.1, 0.15) is 11.1 Å². The second-order valence-corrected chi connectivity index (χ2v) is 7.71. The number of hydrogen-bond donors (Lipinski definition) is 0. The van der Waals surface area contributed by atoms with Crippen LogP contribution in [0.4, 0.5) is 0 Å². The molecule has 0 amide bonds. The third-order valence-corrected chi connectivity index (χ3v) is 5.61. The molecule has 0 aliphatic carbocycles. The fourth-order valence-electron chi connectivity index (χ4n) is 3.21. The molecule has 0 fully saturated rings. The van der Waals surface area contributed by atoms with Gasteiger partial charge < -0.3 is 0 Å². The molecule has 0 N–H and O–H groups in total. The second kappa shape index (κ2) is 9.73. The van der Waals surface area contributed by atoms with Gasteiger partial charge in [0.25, 0.3) is 0 Å². The first-order chi connectivity index (χ1) is 14.8. The molecule has 0 saturated heterocycles. The lowest BCUT2D eigenvalue weighted by atomic mass is 9.99. The lowest BCUT2D eigenvalue weighted by Gasteiger charge is -2.12. The monoisotopic (exact) mass is 404 g/mol. The van der Waals surface area contributed by atoms with Crippen LogP contribution in [0.5, 0.6) is 0 Å². The van der Waals surface area contributed by atoms with Gasteiger partial charge in [0.15, 0.2) is 0 Å². The number of nitriles is 1. The quantitative estimate of drug-likeness (QED) is 0.322. The standard InChI is InChI=1S/C27H20N2S/c28-20-25-24(22-14-6-2-7-15-22)19-26(23-16-8-3-9-17-23)29-27(25)30-18-10-13-21-11-4-1-5-12-21/h1-17,19H,18H2/b13-10-. The van der Waals surface area contributed by atoms with E-state index in [2.05, 4.69) is 30.4 Å². The Hall–Kier alpha value is -3.61. The molecule has 0 aliphatic heterocycles. The molecule has 0 bridgehead atoms. The van der Waals surface area contributed by atoms with Gasteiger partial charge in [-0.15, -0.1) is 11.8 Å². The van der Waals surface area contributed by atoms with Crippen LogP contribution in [0.2, 0.25) is 0 Å². The van der Waals surface area contributed by atoms with Crippen molar-refractivity contribution in [1.82, 2.24) is 4.98 Å². The fourth-order valence-corrected chi connectivity index (χ4v) is 4.02. The van der Waals surface area contributed by atoms with Crippen LogP contribution in [0.3, 0.4) is 0 Å². The lowest BCUT2D eigenvalue weighted by molar-refractivity contribution is 1.12. The second-order valence-electron chi connectivity index (χ2n) is 6.70. The first-order valence-corrected chi connectivity index (χ1v) is 10.7. The van der Waals surface area contributed by atoms with E-state index in [0.717, 1.165) is 38.7 Å². The number of rotatable bonds is 6. The molecule has 4 aromatic rings. The van der Waals surface area contributed by atoms with Crippen molar-refractivity contribution < 1.29 is 0 Å². The highest BCUT2D eigenvalue weighted by molar-refractivity contribution is 7.99. The molecule has 30 heavy (non-hydrogen) atoms. The van der Waals surface area contributed by atoms with Crippen LogP contribution in [0.1, 0.15) is 11.1 Å². The highest BCUT2D eigenvalue weighted by Crippen LogP contribution is 2.34. The van der Waals surface area contributed by atoms with E-state index in [9.17, 15) is 5.26 Å². The zero-order valence-corrected chi connectivity index (χ0v) is 17.2. The average molecular weight is 405 g/mol. The van der Waals surface area contributed by atoms with Crippen molar-refractivity contribution in [2.24, 2.45) is 0 Å². The van der Waals surface area contributed by atoms with Gasteiger partial charge in [-0.3, -0.25) is 0 Å². The first kappa shape index (κ1) is 19.7. The minimum absolute atomic E-state index is 0.624. The van der Waals surface area contributed by atoms with Crippen molar-refractivity contribution >= 4 is 17.8 Å². The number of benzene rings is 3. The van der Waals surface area contributed by atoms with Crippen LogP contribution in [0.25, 0.3) is 28.5 Å². The van der Waals surface area contributed by atoms with Gasteiger partial charge in [-0.2, -0.15) is 5.26 Å². The third kappa shape index (κ3) is 4.68. The van der Waals surface area contributed by atoms with Crippen LogP contribution in [-0.4, -0.2) is 10.7 Å². The number of pyridine rings is 1. The molecular weight excluding hydrogens is 384 g/mol. The van der Waals surface area contributed by atoms with Crippen molar-refractivity contribution in [3.63, 3.8) is 0 Å². The highest BCUT2D eigenvalue weighted by atomic mass is 32.2. The lowest BCUT2D eigenvalue weighted by Crippen LogP contribution is -1.96. The zero-order valence-electron chi connectivity index (χ0n) is 16.4. The van der Waals surface area contributed by atoms with E-state index in [0.29, 0.717) is 5.56 Å². The fraction of sp³-hybridized carbons (Fsp3) is 0.0370. The van der Waals surface area contributed by atoms with Gasteiger partial charge in [0.2, 0.25) is 0 Å². The van der Waals surface area contributed by atoms with E-state index in [1.54, 1.807) is 11.8 Å². The Kier molecular flexibility index (Phi) is 6.39. The topological polar surface area (TPSA) is 36.7 Å². The number of hydrogen-bond acceptors (Lipinski definition) is 3. The molecule has 0 unspecified atom stereocenters. The van der Waals surface area contributed by atoms with Gasteiger partial charge in [0, 0.05) is 16.9 Å². The Balaban J connectivity index is 1.71. The summed E-state index contributed by atoms with van der Waals surface area (Å²) in [5, 5.41) is 10.7. The van der Waals surface area contributed by atoms with Gasteiger partial charge in [-0.05, 0) is 17.2 Å². The summed E-state index contributed by atoms with van der Waals surface area (Å²) >= 11 is 1.59. The predicted molar refractivity (Wildman–Crippen MR) is 126 cm³/mol. The molecule has 3 heteroatoms. The molecule has 4 rings (SSSR count). The molecule has 0 aliphatic rings. The van der Waals surface area contributed by atoms with Gasteiger partial charge in [-0.25, -0.2) is 4.98 Å². The van der Waals surface area contributed by atoms with E-state index < -0.39 is 0 Å². The van der Waals surface area contributed by atoms with Crippen molar-refractivity contribution in [2.75, 3.05) is 5.75 Å². The SMILES string of the molecule is N#Cc1c(-c2ccccc2)cc(-c2ccccc2)nc1SC/C=C\c1ccccc1. The van der Waals surface area contributed by atoms with Crippen LogP contribution in [0, 0.1) is 11.3 Å².